The van der Waals surface area contributed by atoms with Crippen LogP contribution in [0.4, 0.5) is 5.69 Å². The van der Waals surface area contributed by atoms with Crippen molar-refractivity contribution in [3.63, 3.8) is 0 Å². The van der Waals surface area contributed by atoms with Gasteiger partial charge in [0.25, 0.3) is 0 Å². The molecule has 0 N–H and O–H groups in total. The Kier molecular flexibility index (Phi) is 5.03. The largest absolute Gasteiger partial charge is 0.369 e. The lowest BCUT2D eigenvalue weighted by atomic mass is 10.1. The second-order valence-electron chi connectivity index (χ2n) is 7.09. The van der Waals surface area contributed by atoms with Gasteiger partial charge in [0.2, 0.25) is 10.0 Å². The predicted octanol–water partition coefficient (Wildman–Crippen LogP) is 3.84. The molecule has 28 heavy (non-hydrogen) atoms. The van der Waals surface area contributed by atoms with E-state index in [0.717, 1.165) is 9.75 Å². The number of nitrogens with zero attached hydrogens (tertiary/aromatic N) is 3. The van der Waals surface area contributed by atoms with Crippen LogP contribution in [0.25, 0.3) is 10.6 Å². The molecule has 0 radical (unpaired) electrons. The lowest BCUT2D eigenvalue weighted by Gasteiger charge is -2.36. The summed E-state index contributed by atoms with van der Waals surface area (Å²) in [6.07, 6.45) is 1.56. The van der Waals surface area contributed by atoms with Gasteiger partial charge in [-0.15, -0.1) is 11.3 Å². The van der Waals surface area contributed by atoms with Gasteiger partial charge in [0.05, 0.1) is 16.0 Å². The summed E-state index contributed by atoms with van der Waals surface area (Å²) in [5.74, 6) is 0.592. The fourth-order valence-electron chi connectivity index (χ4n) is 3.55. The summed E-state index contributed by atoms with van der Waals surface area (Å²) < 4.78 is 33.2. The normalized spacial score (nSPS) is 15.9. The van der Waals surface area contributed by atoms with Crippen molar-refractivity contribution < 1.29 is 12.9 Å². The maximum Gasteiger partial charge on any atom is 0.244 e. The van der Waals surface area contributed by atoms with Gasteiger partial charge in [0.15, 0.2) is 5.76 Å². The zero-order valence-corrected chi connectivity index (χ0v) is 17.8. The SMILES string of the molecule is Cc1ccc(C)c(N2CCN(S(=O)(=O)c3cc(-c4ccno4)sc3C)CC2)c1. The third kappa shape index (κ3) is 3.47. The summed E-state index contributed by atoms with van der Waals surface area (Å²) in [4.78, 5) is 4.18. The summed E-state index contributed by atoms with van der Waals surface area (Å²) in [7, 11) is -3.53. The van der Waals surface area contributed by atoms with Crippen molar-refractivity contribution in [1.29, 1.82) is 0 Å². The van der Waals surface area contributed by atoms with Crippen molar-refractivity contribution in [3.05, 3.63) is 52.5 Å². The van der Waals surface area contributed by atoms with Gasteiger partial charge in [-0.3, -0.25) is 0 Å². The van der Waals surface area contributed by atoms with Crippen LogP contribution >= 0.6 is 11.3 Å². The molecule has 1 saturated heterocycles. The van der Waals surface area contributed by atoms with Gasteiger partial charge >= 0.3 is 0 Å². The van der Waals surface area contributed by atoms with Crippen LogP contribution in [0, 0.1) is 20.8 Å². The molecule has 0 unspecified atom stereocenters. The van der Waals surface area contributed by atoms with Crippen molar-refractivity contribution in [2.45, 2.75) is 25.7 Å². The number of piperazine rings is 1. The van der Waals surface area contributed by atoms with Crippen LogP contribution in [-0.4, -0.2) is 44.1 Å². The van der Waals surface area contributed by atoms with Gasteiger partial charge in [-0.1, -0.05) is 17.3 Å². The third-order valence-electron chi connectivity index (χ3n) is 5.11. The van der Waals surface area contributed by atoms with E-state index < -0.39 is 10.0 Å². The fourth-order valence-corrected chi connectivity index (χ4v) is 6.49. The maximum absolute atomic E-state index is 13.2. The Bertz CT molecular complexity index is 1080. The van der Waals surface area contributed by atoms with E-state index in [9.17, 15) is 8.42 Å². The number of aryl methyl sites for hydroxylation is 3. The number of benzene rings is 1. The number of hydrogen-bond donors (Lipinski definition) is 0. The van der Waals surface area contributed by atoms with Gasteiger partial charge in [0.1, 0.15) is 0 Å². The minimum atomic E-state index is -3.53. The lowest BCUT2D eigenvalue weighted by molar-refractivity contribution is 0.384. The monoisotopic (exact) mass is 417 g/mol. The minimum absolute atomic E-state index is 0.365. The molecule has 1 fully saturated rings. The van der Waals surface area contributed by atoms with E-state index in [2.05, 4.69) is 42.1 Å². The fraction of sp³-hybridized carbons (Fsp3) is 0.350. The second kappa shape index (κ2) is 7.35. The van der Waals surface area contributed by atoms with E-state index in [4.69, 9.17) is 4.52 Å². The van der Waals surface area contributed by atoms with Crippen LogP contribution < -0.4 is 4.90 Å². The average molecular weight is 418 g/mol. The highest BCUT2D eigenvalue weighted by Gasteiger charge is 2.31. The van der Waals surface area contributed by atoms with Gasteiger partial charge in [-0.05, 0) is 44.0 Å². The Hall–Kier alpha value is -2.16. The molecule has 2 aromatic heterocycles. The van der Waals surface area contributed by atoms with Gasteiger partial charge < -0.3 is 9.42 Å². The molecule has 6 nitrogen and oxygen atoms in total. The highest BCUT2D eigenvalue weighted by Crippen LogP contribution is 2.35. The van der Waals surface area contributed by atoms with Crippen LogP contribution in [0.1, 0.15) is 16.0 Å². The Balaban J connectivity index is 1.53. The maximum atomic E-state index is 13.2. The second-order valence-corrected chi connectivity index (χ2v) is 10.3. The van der Waals surface area contributed by atoms with Crippen molar-refractivity contribution in [3.8, 4) is 10.6 Å². The van der Waals surface area contributed by atoms with Crippen LogP contribution in [-0.2, 0) is 10.0 Å². The summed E-state index contributed by atoms with van der Waals surface area (Å²) >= 11 is 1.41. The molecule has 0 atom stereocenters. The summed E-state index contributed by atoms with van der Waals surface area (Å²) in [6, 6.07) is 9.84. The van der Waals surface area contributed by atoms with Crippen molar-refractivity contribution >= 4 is 27.0 Å². The zero-order chi connectivity index (χ0) is 19.9. The molecule has 0 amide bonds. The van der Waals surface area contributed by atoms with Crippen molar-refractivity contribution in [2.75, 3.05) is 31.1 Å². The van der Waals surface area contributed by atoms with Crippen LogP contribution in [0.5, 0.6) is 0 Å². The molecule has 3 aromatic rings. The van der Waals surface area contributed by atoms with E-state index in [1.54, 1.807) is 22.6 Å². The molecule has 148 valence electrons. The molecule has 8 heteroatoms. The number of rotatable bonds is 4. The Labute approximate surface area is 169 Å². The molecule has 3 heterocycles. The topological polar surface area (TPSA) is 66.7 Å². The molecule has 0 bridgehead atoms. The summed E-state index contributed by atoms with van der Waals surface area (Å²) in [5, 5.41) is 3.71. The van der Waals surface area contributed by atoms with E-state index in [1.807, 2.05) is 6.92 Å². The van der Waals surface area contributed by atoms with Gasteiger partial charge in [-0.25, -0.2) is 8.42 Å². The molecule has 0 aliphatic carbocycles. The number of anilines is 1. The van der Waals surface area contributed by atoms with Crippen LogP contribution in [0.3, 0.4) is 0 Å². The Morgan fingerprint density at radius 2 is 1.79 bits per heavy atom. The van der Waals surface area contributed by atoms with Crippen LogP contribution in [0.2, 0.25) is 0 Å². The summed E-state index contributed by atoms with van der Waals surface area (Å²) in [5.41, 5.74) is 3.62. The van der Waals surface area contributed by atoms with Crippen molar-refractivity contribution in [2.24, 2.45) is 0 Å². The standard InChI is InChI=1S/C20H23N3O3S2/c1-14-4-5-15(2)17(12-14)22-8-10-23(11-9-22)28(24,25)20-13-19(27-16(20)3)18-6-7-21-26-18/h4-7,12-13H,8-11H2,1-3H3. The average Bonchev–Trinajstić information content (AvgIpc) is 3.33. The third-order valence-corrected chi connectivity index (χ3v) is 8.33. The summed E-state index contributed by atoms with van der Waals surface area (Å²) in [6.45, 7) is 8.32. The van der Waals surface area contributed by atoms with E-state index in [0.29, 0.717) is 36.8 Å². The van der Waals surface area contributed by atoms with E-state index in [-0.39, 0.29) is 0 Å². The first kappa shape index (κ1) is 19.2. The first-order chi connectivity index (χ1) is 13.4. The quantitative estimate of drug-likeness (QED) is 0.645. The first-order valence-electron chi connectivity index (χ1n) is 9.20. The smallest absolute Gasteiger partial charge is 0.244 e. The van der Waals surface area contributed by atoms with Crippen molar-refractivity contribution in [1.82, 2.24) is 9.46 Å². The Morgan fingerprint density at radius 3 is 2.46 bits per heavy atom. The van der Waals surface area contributed by atoms with E-state index >= 15 is 0 Å². The number of hydrogen-bond acceptors (Lipinski definition) is 6. The zero-order valence-electron chi connectivity index (χ0n) is 16.2. The number of thiophene rings is 1. The molecular weight excluding hydrogens is 394 g/mol. The molecule has 0 saturated carbocycles. The first-order valence-corrected chi connectivity index (χ1v) is 11.5. The Morgan fingerprint density at radius 1 is 1.04 bits per heavy atom. The molecule has 1 aliphatic rings. The predicted molar refractivity (Wildman–Crippen MR) is 111 cm³/mol. The highest BCUT2D eigenvalue weighted by molar-refractivity contribution is 7.89. The lowest BCUT2D eigenvalue weighted by Crippen LogP contribution is -2.48. The molecule has 0 spiro atoms. The number of aromatic nitrogens is 1. The minimum Gasteiger partial charge on any atom is -0.369 e. The van der Waals surface area contributed by atoms with Crippen LogP contribution in [0.15, 0.2) is 45.9 Å². The molecule has 1 aromatic carbocycles. The highest BCUT2D eigenvalue weighted by atomic mass is 32.2. The van der Waals surface area contributed by atoms with E-state index in [1.165, 1.54) is 28.2 Å². The van der Waals surface area contributed by atoms with Gasteiger partial charge in [0, 0.05) is 42.8 Å². The number of sulfonamides is 1. The molecule has 1 aliphatic heterocycles. The molecule has 4 rings (SSSR count). The molecular formula is C20H23N3O3S2. The van der Waals surface area contributed by atoms with Gasteiger partial charge in [-0.2, -0.15) is 4.31 Å².